The highest BCUT2D eigenvalue weighted by molar-refractivity contribution is 7.85. The van der Waals surface area contributed by atoms with E-state index in [1.807, 2.05) is 18.3 Å². The molecule has 0 saturated carbocycles. The molecule has 0 amide bonds. The molecule has 178 valence electrons. The van der Waals surface area contributed by atoms with E-state index >= 15 is 0 Å². The van der Waals surface area contributed by atoms with Crippen LogP contribution in [0.4, 0.5) is 0 Å². The van der Waals surface area contributed by atoms with Gasteiger partial charge < -0.3 is 9.12 Å². The zero-order chi connectivity index (χ0) is 24.4. The molecule has 0 saturated heterocycles. The summed E-state index contributed by atoms with van der Waals surface area (Å²) in [5.74, 6) is -0.312. The van der Waals surface area contributed by atoms with Crippen molar-refractivity contribution >= 4 is 55.0 Å². The molecule has 5 nitrogen and oxygen atoms in total. The van der Waals surface area contributed by atoms with E-state index in [-0.39, 0.29) is 5.75 Å². The van der Waals surface area contributed by atoms with Gasteiger partial charge in [0.25, 0.3) is 0 Å². The van der Waals surface area contributed by atoms with Crippen LogP contribution in [0.1, 0.15) is 30.9 Å². The lowest BCUT2D eigenvalue weighted by atomic mass is 10.1. The second-order valence-corrected chi connectivity index (χ2v) is 10.3. The van der Waals surface area contributed by atoms with Gasteiger partial charge in [0, 0.05) is 52.7 Å². The number of pyridine rings is 1. The Bertz CT molecular complexity index is 1670. The van der Waals surface area contributed by atoms with Crippen LogP contribution in [0.5, 0.6) is 0 Å². The summed E-state index contributed by atoms with van der Waals surface area (Å²) in [5.41, 5.74) is 5.87. The van der Waals surface area contributed by atoms with E-state index in [2.05, 4.69) is 88.9 Å². The molecule has 0 bridgehead atoms. The van der Waals surface area contributed by atoms with Crippen molar-refractivity contribution in [3.05, 3.63) is 90.1 Å². The van der Waals surface area contributed by atoms with Gasteiger partial charge in [-0.2, -0.15) is 4.57 Å². The Hall–Kier alpha value is -3.48. The third-order valence-electron chi connectivity index (χ3n) is 6.57. The number of aromatic nitrogens is 2. The smallest absolute Gasteiger partial charge is 0.213 e. The number of aryl methyl sites for hydroxylation is 2. The van der Waals surface area contributed by atoms with Crippen molar-refractivity contribution in [1.82, 2.24) is 4.57 Å². The SMILES string of the molecule is CCn1c2ccccc2c2cc(/C=C/c3cc[n+](CCCCS(=O)(=O)[O-])c4ccccc34)ccc21. The lowest BCUT2D eigenvalue weighted by molar-refractivity contribution is -0.671. The van der Waals surface area contributed by atoms with Crippen LogP contribution in [-0.4, -0.2) is 23.3 Å². The number of nitrogens with zero attached hydrogens (tertiary/aromatic N) is 2. The molecule has 35 heavy (non-hydrogen) atoms. The fourth-order valence-electron chi connectivity index (χ4n) is 4.91. The number of unbranched alkanes of at least 4 members (excludes halogenated alkanes) is 1. The molecule has 2 heterocycles. The molecule has 0 atom stereocenters. The van der Waals surface area contributed by atoms with Gasteiger partial charge in [0.2, 0.25) is 5.52 Å². The Balaban J connectivity index is 1.45. The second-order valence-electron chi connectivity index (χ2n) is 8.82. The minimum absolute atomic E-state index is 0.312. The minimum atomic E-state index is -4.16. The first kappa shape index (κ1) is 23.3. The summed E-state index contributed by atoms with van der Waals surface area (Å²) in [6, 6.07) is 25.5. The van der Waals surface area contributed by atoms with Crippen LogP contribution >= 0.6 is 0 Å². The lowest BCUT2D eigenvalue weighted by Gasteiger charge is -2.07. The van der Waals surface area contributed by atoms with Gasteiger partial charge in [0.15, 0.2) is 6.20 Å². The van der Waals surface area contributed by atoms with Crippen molar-refractivity contribution in [2.75, 3.05) is 5.75 Å². The molecule has 5 rings (SSSR count). The predicted molar refractivity (Wildman–Crippen MR) is 142 cm³/mol. The van der Waals surface area contributed by atoms with Gasteiger partial charge in [-0.05, 0) is 48.7 Å². The molecule has 0 aliphatic heterocycles. The molecule has 3 aromatic carbocycles. The fourth-order valence-corrected chi connectivity index (χ4v) is 5.47. The summed E-state index contributed by atoms with van der Waals surface area (Å²) in [7, 11) is -4.16. The average Bonchev–Trinajstić information content (AvgIpc) is 3.18. The van der Waals surface area contributed by atoms with E-state index in [0.717, 1.165) is 28.6 Å². The minimum Gasteiger partial charge on any atom is -0.748 e. The van der Waals surface area contributed by atoms with Crippen molar-refractivity contribution in [2.45, 2.75) is 32.9 Å². The van der Waals surface area contributed by atoms with Crippen LogP contribution in [0.3, 0.4) is 0 Å². The Kier molecular flexibility index (Phi) is 6.41. The summed E-state index contributed by atoms with van der Waals surface area (Å²) in [6.07, 6.45) is 7.34. The number of fused-ring (bicyclic) bond motifs is 4. The normalized spacial score (nSPS) is 12.4. The molecule has 0 aliphatic carbocycles. The molecule has 0 spiro atoms. The lowest BCUT2D eigenvalue weighted by Crippen LogP contribution is -2.34. The molecule has 5 aromatic rings. The number of hydrogen-bond donors (Lipinski definition) is 0. The Labute approximate surface area is 205 Å². The van der Waals surface area contributed by atoms with Crippen LogP contribution in [0.15, 0.2) is 79.0 Å². The number of benzene rings is 3. The summed E-state index contributed by atoms with van der Waals surface area (Å²) >= 11 is 0. The molecule has 2 aromatic heterocycles. The van der Waals surface area contributed by atoms with Crippen molar-refractivity contribution in [3.63, 3.8) is 0 Å². The second kappa shape index (κ2) is 9.64. The Morgan fingerprint density at radius 3 is 2.40 bits per heavy atom. The Morgan fingerprint density at radius 2 is 1.60 bits per heavy atom. The molecule has 0 fully saturated rings. The average molecular weight is 485 g/mol. The molecule has 0 N–H and O–H groups in total. The molecule has 0 radical (unpaired) electrons. The van der Waals surface area contributed by atoms with Crippen LogP contribution in [-0.2, 0) is 23.2 Å². The van der Waals surface area contributed by atoms with Gasteiger partial charge in [-0.1, -0.05) is 48.6 Å². The maximum atomic E-state index is 10.9. The quantitative estimate of drug-likeness (QED) is 0.160. The number of para-hydroxylation sites is 2. The van der Waals surface area contributed by atoms with E-state index in [1.54, 1.807) is 0 Å². The van der Waals surface area contributed by atoms with E-state index < -0.39 is 10.1 Å². The van der Waals surface area contributed by atoms with Gasteiger partial charge in [0.05, 0.1) is 15.5 Å². The summed E-state index contributed by atoms with van der Waals surface area (Å²) < 4.78 is 37.1. The fraction of sp³-hybridized carbons (Fsp3) is 0.207. The zero-order valence-corrected chi connectivity index (χ0v) is 20.5. The number of hydrogen-bond acceptors (Lipinski definition) is 3. The van der Waals surface area contributed by atoms with Gasteiger partial charge in [-0.15, -0.1) is 0 Å². The van der Waals surface area contributed by atoms with E-state index in [0.29, 0.717) is 19.4 Å². The van der Waals surface area contributed by atoms with Gasteiger partial charge >= 0.3 is 0 Å². The molecule has 0 aliphatic rings. The maximum Gasteiger partial charge on any atom is 0.213 e. The Morgan fingerprint density at radius 1 is 0.857 bits per heavy atom. The summed E-state index contributed by atoms with van der Waals surface area (Å²) in [5, 5.41) is 3.67. The standard InChI is InChI=1S/C29H28N2O3S/c1-2-31-28-12-6-4-10-25(28)26-21-22(14-16-29(26)31)13-15-23-17-19-30(18-7-8-20-35(32,33)34)27-11-5-3-9-24(23)27/h3-6,9-17,19,21H,2,7-8,18,20H2,1H3. The van der Waals surface area contributed by atoms with Crippen LogP contribution in [0.25, 0.3) is 44.9 Å². The number of rotatable bonds is 8. The first-order chi connectivity index (χ1) is 16.9. The monoisotopic (exact) mass is 484 g/mol. The van der Waals surface area contributed by atoms with Crippen LogP contribution in [0.2, 0.25) is 0 Å². The first-order valence-corrected chi connectivity index (χ1v) is 13.6. The van der Waals surface area contributed by atoms with Crippen LogP contribution in [0, 0.1) is 0 Å². The highest BCUT2D eigenvalue weighted by atomic mass is 32.2. The summed E-state index contributed by atoms with van der Waals surface area (Å²) in [6.45, 7) is 3.78. The zero-order valence-electron chi connectivity index (χ0n) is 19.7. The first-order valence-electron chi connectivity index (χ1n) is 12.0. The summed E-state index contributed by atoms with van der Waals surface area (Å²) in [4.78, 5) is 0. The van der Waals surface area contributed by atoms with Crippen molar-refractivity contribution in [2.24, 2.45) is 0 Å². The predicted octanol–water partition coefficient (Wildman–Crippen LogP) is 5.75. The van der Waals surface area contributed by atoms with E-state index in [9.17, 15) is 13.0 Å². The van der Waals surface area contributed by atoms with Crippen LogP contribution < -0.4 is 4.57 Å². The van der Waals surface area contributed by atoms with Crippen molar-refractivity contribution in [3.8, 4) is 0 Å². The third kappa shape index (κ3) is 4.85. The van der Waals surface area contributed by atoms with E-state index in [1.165, 1.54) is 21.8 Å². The maximum absolute atomic E-state index is 10.9. The van der Waals surface area contributed by atoms with Crippen molar-refractivity contribution in [1.29, 1.82) is 0 Å². The molecule has 0 unspecified atom stereocenters. The molecule has 6 heteroatoms. The topological polar surface area (TPSA) is 66.0 Å². The highest BCUT2D eigenvalue weighted by Crippen LogP contribution is 2.30. The highest BCUT2D eigenvalue weighted by Gasteiger charge is 2.12. The molecular weight excluding hydrogens is 456 g/mol. The van der Waals surface area contributed by atoms with E-state index in [4.69, 9.17) is 0 Å². The van der Waals surface area contributed by atoms with Gasteiger partial charge in [-0.3, -0.25) is 0 Å². The van der Waals surface area contributed by atoms with Crippen molar-refractivity contribution < 1.29 is 17.5 Å². The third-order valence-corrected chi connectivity index (χ3v) is 7.36. The molecular formula is C29H28N2O3S. The van der Waals surface area contributed by atoms with Gasteiger partial charge in [-0.25, -0.2) is 8.42 Å². The van der Waals surface area contributed by atoms with Gasteiger partial charge in [0.1, 0.15) is 6.54 Å². The largest absolute Gasteiger partial charge is 0.748 e.